The lowest BCUT2D eigenvalue weighted by atomic mass is 10.2. The number of nitrogens with zero attached hydrogens (tertiary/aromatic N) is 1. The van der Waals surface area contributed by atoms with Crippen LogP contribution in [0.15, 0.2) is 24.3 Å². The third-order valence-electron chi connectivity index (χ3n) is 2.42. The summed E-state index contributed by atoms with van der Waals surface area (Å²) in [5.74, 6) is -0.217. The normalized spacial score (nSPS) is 10.6. The van der Waals surface area contributed by atoms with Crippen LogP contribution in [0.2, 0.25) is 5.02 Å². The van der Waals surface area contributed by atoms with E-state index in [0.29, 0.717) is 12.1 Å². The van der Waals surface area contributed by atoms with E-state index in [-0.39, 0.29) is 16.6 Å². The first-order chi connectivity index (χ1) is 9.04. The van der Waals surface area contributed by atoms with E-state index >= 15 is 0 Å². The highest BCUT2D eigenvalue weighted by Gasteiger charge is 2.11. The Balaban J connectivity index is 2.69. The van der Waals surface area contributed by atoms with Crippen LogP contribution in [0.3, 0.4) is 0 Å². The Kier molecular flexibility index (Phi) is 6.02. The Morgan fingerprint density at radius 2 is 2.26 bits per heavy atom. The van der Waals surface area contributed by atoms with Gasteiger partial charge in [-0.25, -0.2) is 0 Å². The molecule has 6 heteroatoms. The van der Waals surface area contributed by atoms with Crippen LogP contribution >= 0.6 is 11.6 Å². The monoisotopic (exact) mass is 282 g/mol. The number of hydrogen-bond donors (Lipinski definition) is 1. The molecule has 102 valence electrons. The molecule has 0 saturated heterocycles. The molecule has 1 rings (SSSR count). The van der Waals surface area contributed by atoms with Gasteiger partial charge in [0, 0.05) is 18.7 Å². The Labute approximate surface area is 116 Å². The molecule has 0 spiro atoms. The molecule has 0 saturated carbocycles. The van der Waals surface area contributed by atoms with Crippen LogP contribution in [-0.4, -0.2) is 17.4 Å². The second-order valence-corrected chi connectivity index (χ2v) is 4.35. The van der Waals surface area contributed by atoms with Gasteiger partial charge in [0.25, 0.3) is 5.69 Å². The maximum Gasteiger partial charge on any atom is 0.288 e. The molecule has 0 aromatic heterocycles. The van der Waals surface area contributed by atoms with Crippen molar-refractivity contribution in [2.75, 3.05) is 6.54 Å². The number of rotatable bonds is 6. The van der Waals surface area contributed by atoms with Crippen LogP contribution in [0, 0.1) is 10.1 Å². The average molecular weight is 283 g/mol. The zero-order valence-corrected chi connectivity index (χ0v) is 11.3. The van der Waals surface area contributed by atoms with Crippen LogP contribution in [0.5, 0.6) is 0 Å². The molecule has 1 N–H and O–H groups in total. The highest BCUT2D eigenvalue weighted by Crippen LogP contribution is 2.25. The predicted molar refractivity (Wildman–Crippen MR) is 75.1 cm³/mol. The zero-order chi connectivity index (χ0) is 14.3. The second-order valence-electron chi connectivity index (χ2n) is 3.95. The minimum Gasteiger partial charge on any atom is -0.353 e. The summed E-state index contributed by atoms with van der Waals surface area (Å²) in [5, 5.41) is 13.5. The van der Waals surface area contributed by atoms with Crippen LogP contribution < -0.4 is 5.32 Å². The summed E-state index contributed by atoms with van der Waals surface area (Å²) in [6.45, 7) is 2.66. The number of benzene rings is 1. The number of amides is 1. The minimum absolute atomic E-state index is 0.0783. The molecule has 0 aliphatic heterocycles. The summed E-state index contributed by atoms with van der Waals surface area (Å²) in [7, 11) is 0. The van der Waals surface area contributed by atoms with E-state index < -0.39 is 4.92 Å². The summed E-state index contributed by atoms with van der Waals surface area (Å²) >= 11 is 5.69. The van der Waals surface area contributed by atoms with Crippen molar-refractivity contribution < 1.29 is 9.72 Å². The molecule has 5 nitrogen and oxygen atoms in total. The summed E-state index contributed by atoms with van der Waals surface area (Å²) in [6, 6.07) is 4.39. The Morgan fingerprint density at radius 3 is 2.89 bits per heavy atom. The molecule has 0 radical (unpaired) electrons. The Hall–Kier alpha value is -1.88. The van der Waals surface area contributed by atoms with Crippen molar-refractivity contribution in [1.29, 1.82) is 0 Å². The maximum absolute atomic E-state index is 11.4. The molecule has 0 unspecified atom stereocenters. The van der Waals surface area contributed by atoms with E-state index in [4.69, 9.17) is 11.6 Å². The fourth-order valence-corrected chi connectivity index (χ4v) is 1.58. The summed E-state index contributed by atoms with van der Waals surface area (Å²) in [6.07, 6.45) is 4.80. The quantitative estimate of drug-likeness (QED) is 0.377. The van der Waals surface area contributed by atoms with Crippen molar-refractivity contribution in [3.8, 4) is 0 Å². The molecular formula is C13H15ClN2O3. The lowest BCUT2D eigenvalue weighted by molar-refractivity contribution is -0.384. The van der Waals surface area contributed by atoms with E-state index in [9.17, 15) is 14.9 Å². The first-order valence-corrected chi connectivity index (χ1v) is 6.32. The minimum atomic E-state index is -0.555. The van der Waals surface area contributed by atoms with Gasteiger partial charge in [-0.1, -0.05) is 31.0 Å². The standard InChI is InChI=1S/C13H15ClN2O3/c1-2-3-8-15-13(17)7-5-10-4-6-11(14)12(9-10)16(18)19/h4-7,9H,2-3,8H2,1H3,(H,15,17). The van der Waals surface area contributed by atoms with Gasteiger partial charge in [-0.2, -0.15) is 0 Å². The molecule has 0 heterocycles. The van der Waals surface area contributed by atoms with Gasteiger partial charge in [-0.05, 0) is 24.1 Å². The number of nitrogens with one attached hydrogen (secondary N) is 1. The van der Waals surface area contributed by atoms with Crippen LogP contribution in [0.1, 0.15) is 25.3 Å². The smallest absolute Gasteiger partial charge is 0.288 e. The van der Waals surface area contributed by atoms with Gasteiger partial charge in [0.15, 0.2) is 0 Å². The van der Waals surface area contributed by atoms with Gasteiger partial charge >= 0.3 is 0 Å². The molecule has 1 aromatic carbocycles. The van der Waals surface area contributed by atoms with Gasteiger partial charge in [0.2, 0.25) is 5.91 Å². The third-order valence-corrected chi connectivity index (χ3v) is 2.74. The van der Waals surface area contributed by atoms with Gasteiger partial charge < -0.3 is 5.32 Å². The third kappa shape index (κ3) is 5.09. The first-order valence-electron chi connectivity index (χ1n) is 5.94. The first kappa shape index (κ1) is 15.2. The van der Waals surface area contributed by atoms with Crippen LogP contribution in [0.4, 0.5) is 5.69 Å². The van der Waals surface area contributed by atoms with Crippen molar-refractivity contribution in [3.05, 3.63) is 45.0 Å². The predicted octanol–water partition coefficient (Wildman–Crippen LogP) is 3.18. The number of unbranched alkanes of at least 4 members (excludes halogenated alkanes) is 1. The van der Waals surface area contributed by atoms with Gasteiger partial charge in [0.05, 0.1) is 4.92 Å². The fraction of sp³-hybridized carbons (Fsp3) is 0.308. The molecule has 0 bridgehead atoms. The van der Waals surface area contributed by atoms with Crippen molar-refractivity contribution in [2.24, 2.45) is 0 Å². The number of carbonyl (C=O) groups excluding carboxylic acids is 1. The Bertz CT molecular complexity index is 501. The maximum atomic E-state index is 11.4. The Morgan fingerprint density at radius 1 is 1.53 bits per heavy atom. The van der Waals surface area contributed by atoms with E-state index in [2.05, 4.69) is 5.32 Å². The van der Waals surface area contributed by atoms with E-state index in [1.54, 1.807) is 6.07 Å². The van der Waals surface area contributed by atoms with Gasteiger partial charge in [-0.15, -0.1) is 0 Å². The van der Waals surface area contributed by atoms with E-state index in [1.807, 2.05) is 6.92 Å². The van der Waals surface area contributed by atoms with E-state index in [0.717, 1.165) is 12.8 Å². The number of nitro benzene ring substituents is 1. The summed E-state index contributed by atoms with van der Waals surface area (Å²) in [5.41, 5.74) is 0.386. The molecule has 1 aromatic rings. The summed E-state index contributed by atoms with van der Waals surface area (Å²) in [4.78, 5) is 21.6. The van der Waals surface area contributed by atoms with Gasteiger partial charge in [-0.3, -0.25) is 14.9 Å². The highest BCUT2D eigenvalue weighted by atomic mass is 35.5. The van der Waals surface area contributed by atoms with Gasteiger partial charge in [0.1, 0.15) is 5.02 Å². The lowest BCUT2D eigenvalue weighted by Crippen LogP contribution is -2.21. The topological polar surface area (TPSA) is 72.2 Å². The molecule has 0 fully saturated rings. The van der Waals surface area contributed by atoms with Crippen molar-refractivity contribution in [1.82, 2.24) is 5.32 Å². The number of hydrogen-bond acceptors (Lipinski definition) is 3. The van der Waals surface area contributed by atoms with Crippen LogP contribution in [0.25, 0.3) is 6.08 Å². The molecule has 19 heavy (non-hydrogen) atoms. The summed E-state index contributed by atoms with van der Waals surface area (Å²) < 4.78 is 0. The van der Waals surface area contributed by atoms with Crippen LogP contribution in [-0.2, 0) is 4.79 Å². The van der Waals surface area contributed by atoms with Crippen molar-refractivity contribution >= 4 is 29.3 Å². The van der Waals surface area contributed by atoms with Crippen molar-refractivity contribution in [2.45, 2.75) is 19.8 Å². The number of carbonyl (C=O) groups is 1. The zero-order valence-electron chi connectivity index (χ0n) is 10.6. The SMILES string of the molecule is CCCCNC(=O)C=Cc1ccc(Cl)c([N+](=O)[O-])c1. The molecule has 1 amide bonds. The number of halogens is 1. The molecule has 0 aliphatic rings. The fourth-order valence-electron chi connectivity index (χ4n) is 1.39. The molecule has 0 atom stereocenters. The number of nitro groups is 1. The average Bonchev–Trinajstić information content (AvgIpc) is 2.37. The lowest BCUT2D eigenvalue weighted by Gasteiger charge is -2.00. The largest absolute Gasteiger partial charge is 0.353 e. The molecule has 0 aliphatic carbocycles. The van der Waals surface area contributed by atoms with Crippen molar-refractivity contribution in [3.63, 3.8) is 0 Å². The highest BCUT2D eigenvalue weighted by molar-refractivity contribution is 6.32. The van der Waals surface area contributed by atoms with E-state index in [1.165, 1.54) is 24.3 Å². The molecular weight excluding hydrogens is 268 g/mol. The second kappa shape index (κ2) is 7.53.